The van der Waals surface area contributed by atoms with E-state index in [1.165, 1.54) is 25.4 Å². The molecule has 0 radical (unpaired) electrons. The first-order valence-electron chi connectivity index (χ1n) is 6.06. The highest BCUT2D eigenvalue weighted by atomic mass is 16.2. The third kappa shape index (κ3) is 3.93. The minimum absolute atomic E-state index is 0.0372. The Hall–Kier alpha value is -3.09. The molecule has 7 nitrogen and oxygen atoms in total. The maximum absolute atomic E-state index is 11.7. The average Bonchev–Trinajstić information content (AvgIpc) is 2.48. The number of carbonyl (C=O) groups is 3. The fourth-order valence-electron chi connectivity index (χ4n) is 1.53. The number of aromatic nitrogens is 2. The second-order valence-electron chi connectivity index (χ2n) is 4.12. The minimum atomic E-state index is -0.894. The Labute approximate surface area is 120 Å². The van der Waals surface area contributed by atoms with E-state index in [-0.39, 0.29) is 11.7 Å². The Morgan fingerprint density at radius 2 is 1.62 bits per heavy atom. The number of anilines is 2. The molecule has 0 bridgehead atoms. The van der Waals surface area contributed by atoms with Crippen LogP contribution >= 0.6 is 0 Å². The first-order valence-corrected chi connectivity index (χ1v) is 6.06. The standard InChI is InChI=1S/C14H12N4O3/c1-9(19)10-4-2-5-11(8-10)17-12(20)13(21)18-14-15-6-3-7-16-14/h2-8H,1H3,(H,17,20)(H,15,16,18,21). The molecule has 0 aliphatic heterocycles. The Bertz CT molecular complexity index is 686. The molecule has 2 amide bonds. The SMILES string of the molecule is CC(=O)c1cccc(NC(=O)C(=O)Nc2ncccn2)c1. The van der Waals surface area contributed by atoms with E-state index in [2.05, 4.69) is 20.6 Å². The van der Waals surface area contributed by atoms with Crippen LogP contribution in [-0.2, 0) is 9.59 Å². The Morgan fingerprint density at radius 1 is 0.952 bits per heavy atom. The summed E-state index contributed by atoms with van der Waals surface area (Å²) in [4.78, 5) is 42.2. The van der Waals surface area contributed by atoms with E-state index in [4.69, 9.17) is 0 Å². The monoisotopic (exact) mass is 284 g/mol. The van der Waals surface area contributed by atoms with Crippen molar-refractivity contribution in [2.24, 2.45) is 0 Å². The van der Waals surface area contributed by atoms with Crippen molar-refractivity contribution in [2.75, 3.05) is 10.6 Å². The molecule has 2 N–H and O–H groups in total. The number of amides is 2. The summed E-state index contributed by atoms with van der Waals surface area (Å²) in [6.45, 7) is 1.42. The predicted octanol–water partition coefficient (Wildman–Crippen LogP) is 1.26. The Balaban J connectivity index is 2.02. The summed E-state index contributed by atoms with van der Waals surface area (Å²) in [5, 5.41) is 4.66. The number of nitrogens with zero attached hydrogens (tertiary/aromatic N) is 2. The number of nitrogens with one attached hydrogen (secondary N) is 2. The Morgan fingerprint density at radius 3 is 2.29 bits per heavy atom. The molecule has 2 rings (SSSR count). The highest BCUT2D eigenvalue weighted by molar-refractivity contribution is 6.43. The number of rotatable bonds is 3. The molecule has 0 spiro atoms. The molecule has 1 aromatic heterocycles. The van der Waals surface area contributed by atoms with Crippen molar-refractivity contribution < 1.29 is 14.4 Å². The van der Waals surface area contributed by atoms with Crippen molar-refractivity contribution in [2.45, 2.75) is 6.92 Å². The van der Waals surface area contributed by atoms with Gasteiger partial charge in [-0.15, -0.1) is 0 Å². The fourth-order valence-corrected chi connectivity index (χ4v) is 1.53. The molecular weight excluding hydrogens is 272 g/mol. The van der Waals surface area contributed by atoms with Crippen LogP contribution in [0, 0.1) is 0 Å². The van der Waals surface area contributed by atoms with Crippen molar-refractivity contribution in [3.05, 3.63) is 48.3 Å². The van der Waals surface area contributed by atoms with E-state index in [0.29, 0.717) is 11.3 Å². The second kappa shape index (κ2) is 6.38. The molecular formula is C14H12N4O3. The van der Waals surface area contributed by atoms with E-state index in [1.807, 2.05) is 0 Å². The van der Waals surface area contributed by atoms with Crippen molar-refractivity contribution >= 4 is 29.2 Å². The zero-order valence-electron chi connectivity index (χ0n) is 11.2. The zero-order valence-corrected chi connectivity index (χ0v) is 11.2. The molecule has 1 heterocycles. The van der Waals surface area contributed by atoms with Gasteiger partial charge in [-0.1, -0.05) is 12.1 Å². The lowest BCUT2D eigenvalue weighted by atomic mass is 10.1. The van der Waals surface area contributed by atoms with Crippen LogP contribution in [-0.4, -0.2) is 27.6 Å². The highest BCUT2D eigenvalue weighted by Crippen LogP contribution is 2.11. The number of benzene rings is 1. The van der Waals surface area contributed by atoms with Crippen molar-refractivity contribution in [1.82, 2.24) is 9.97 Å². The van der Waals surface area contributed by atoms with Gasteiger partial charge < -0.3 is 5.32 Å². The molecule has 106 valence electrons. The van der Waals surface area contributed by atoms with Gasteiger partial charge in [-0.25, -0.2) is 9.97 Å². The summed E-state index contributed by atoms with van der Waals surface area (Å²) in [6.07, 6.45) is 2.88. The van der Waals surface area contributed by atoms with Crippen LogP contribution < -0.4 is 10.6 Å². The summed E-state index contributed by atoms with van der Waals surface area (Å²) < 4.78 is 0. The molecule has 2 aromatic rings. The zero-order chi connectivity index (χ0) is 15.2. The lowest BCUT2D eigenvalue weighted by Gasteiger charge is -2.06. The summed E-state index contributed by atoms with van der Waals surface area (Å²) in [5.74, 6) is -1.86. The summed E-state index contributed by atoms with van der Waals surface area (Å²) >= 11 is 0. The van der Waals surface area contributed by atoms with E-state index in [1.54, 1.807) is 24.3 Å². The van der Waals surface area contributed by atoms with Crippen molar-refractivity contribution in [3.63, 3.8) is 0 Å². The maximum Gasteiger partial charge on any atom is 0.316 e. The van der Waals surface area contributed by atoms with E-state index >= 15 is 0 Å². The number of carbonyl (C=O) groups excluding carboxylic acids is 3. The van der Waals surface area contributed by atoms with Gasteiger partial charge in [0.1, 0.15) is 0 Å². The molecule has 0 fully saturated rings. The Kier molecular flexibility index (Phi) is 4.35. The quantitative estimate of drug-likeness (QED) is 0.652. The van der Waals surface area contributed by atoms with Gasteiger partial charge in [-0.05, 0) is 25.1 Å². The average molecular weight is 284 g/mol. The summed E-state index contributed by atoms with van der Waals surface area (Å²) in [6, 6.07) is 7.90. The van der Waals surface area contributed by atoms with Crippen LogP contribution in [0.15, 0.2) is 42.7 Å². The number of hydrogen-bond acceptors (Lipinski definition) is 5. The molecule has 7 heteroatoms. The van der Waals surface area contributed by atoms with Gasteiger partial charge in [0.25, 0.3) is 0 Å². The lowest BCUT2D eigenvalue weighted by molar-refractivity contribution is -0.133. The van der Waals surface area contributed by atoms with Crippen LogP contribution in [0.25, 0.3) is 0 Å². The molecule has 0 unspecified atom stereocenters. The van der Waals surface area contributed by atoms with Crippen LogP contribution in [0.5, 0.6) is 0 Å². The number of ketones is 1. The lowest BCUT2D eigenvalue weighted by Crippen LogP contribution is -2.29. The van der Waals surface area contributed by atoms with Gasteiger partial charge in [0.15, 0.2) is 5.78 Å². The van der Waals surface area contributed by atoms with Gasteiger partial charge in [0, 0.05) is 23.6 Å². The third-order valence-corrected chi connectivity index (χ3v) is 2.52. The van der Waals surface area contributed by atoms with Crippen molar-refractivity contribution in [3.8, 4) is 0 Å². The van der Waals surface area contributed by atoms with Gasteiger partial charge in [-0.2, -0.15) is 0 Å². The second-order valence-corrected chi connectivity index (χ2v) is 4.12. The molecule has 0 saturated heterocycles. The third-order valence-electron chi connectivity index (χ3n) is 2.52. The van der Waals surface area contributed by atoms with Crippen LogP contribution in [0.3, 0.4) is 0 Å². The van der Waals surface area contributed by atoms with Crippen LogP contribution in [0.4, 0.5) is 11.6 Å². The largest absolute Gasteiger partial charge is 0.318 e. The van der Waals surface area contributed by atoms with E-state index in [9.17, 15) is 14.4 Å². The highest BCUT2D eigenvalue weighted by Gasteiger charge is 2.15. The molecule has 1 aromatic carbocycles. The van der Waals surface area contributed by atoms with Gasteiger partial charge in [-0.3, -0.25) is 19.7 Å². The summed E-state index contributed by atoms with van der Waals surface area (Å²) in [7, 11) is 0. The fraction of sp³-hybridized carbons (Fsp3) is 0.0714. The first-order chi connectivity index (χ1) is 10.1. The normalized spacial score (nSPS) is 9.76. The topological polar surface area (TPSA) is 101 Å². The molecule has 0 aliphatic rings. The van der Waals surface area contributed by atoms with Crippen LogP contribution in [0.2, 0.25) is 0 Å². The minimum Gasteiger partial charge on any atom is -0.318 e. The first kappa shape index (κ1) is 14.3. The number of hydrogen-bond donors (Lipinski definition) is 2. The molecule has 0 aliphatic carbocycles. The smallest absolute Gasteiger partial charge is 0.316 e. The number of Topliss-reactive ketones (excluding diaryl/α,β-unsaturated/α-hetero) is 1. The summed E-state index contributed by atoms with van der Waals surface area (Å²) in [5.41, 5.74) is 0.802. The molecule has 0 atom stereocenters. The molecule has 0 saturated carbocycles. The van der Waals surface area contributed by atoms with Crippen molar-refractivity contribution in [1.29, 1.82) is 0 Å². The van der Waals surface area contributed by atoms with Gasteiger partial charge >= 0.3 is 11.8 Å². The van der Waals surface area contributed by atoms with Crippen LogP contribution in [0.1, 0.15) is 17.3 Å². The van der Waals surface area contributed by atoms with E-state index in [0.717, 1.165) is 0 Å². The van der Waals surface area contributed by atoms with Gasteiger partial charge in [0.2, 0.25) is 5.95 Å². The predicted molar refractivity (Wildman–Crippen MR) is 75.7 cm³/mol. The maximum atomic E-state index is 11.7. The van der Waals surface area contributed by atoms with E-state index < -0.39 is 11.8 Å². The molecule has 21 heavy (non-hydrogen) atoms. The van der Waals surface area contributed by atoms with Gasteiger partial charge in [0.05, 0.1) is 0 Å².